The lowest BCUT2D eigenvalue weighted by Gasteiger charge is -2.06. The number of benzene rings is 1. The van der Waals surface area contributed by atoms with E-state index in [4.69, 9.17) is 5.11 Å². The van der Waals surface area contributed by atoms with Crippen LogP contribution in [0, 0.1) is 5.82 Å². The van der Waals surface area contributed by atoms with Crippen molar-refractivity contribution in [2.45, 2.75) is 19.3 Å². The monoisotopic (exact) mass is 235 g/mol. The summed E-state index contributed by atoms with van der Waals surface area (Å²) in [6.45, 7) is 1.84. The summed E-state index contributed by atoms with van der Waals surface area (Å²) in [7, 11) is 1.77. The molecule has 0 fully saturated rings. The van der Waals surface area contributed by atoms with Crippen molar-refractivity contribution in [3.8, 4) is 0 Å². The maximum atomic E-state index is 13.6. The quantitative estimate of drug-likeness (QED) is 0.888. The van der Waals surface area contributed by atoms with Gasteiger partial charge in [0, 0.05) is 18.6 Å². The predicted octanol–water partition coefficient (Wildman–Crippen LogP) is 2.90. The van der Waals surface area contributed by atoms with Crippen LogP contribution in [0.5, 0.6) is 0 Å². The maximum Gasteiger partial charge on any atom is 0.303 e. The summed E-state index contributed by atoms with van der Waals surface area (Å²) in [5.74, 6) is -1.25. The second kappa shape index (κ2) is 4.20. The summed E-state index contributed by atoms with van der Waals surface area (Å²) in [5.41, 5.74) is 1.41. The van der Waals surface area contributed by atoms with E-state index in [9.17, 15) is 9.18 Å². The minimum atomic E-state index is -0.842. The molecule has 1 heterocycles. The van der Waals surface area contributed by atoms with Crippen LogP contribution in [0.25, 0.3) is 10.9 Å². The molecule has 0 aliphatic heterocycles. The Hall–Kier alpha value is -1.84. The zero-order valence-corrected chi connectivity index (χ0v) is 9.77. The molecule has 17 heavy (non-hydrogen) atoms. The second-order valence-corrected chi connectivity index (χ2v) is 4.33. The minimum absolute atomic E-state index is 0.0512. The van der Waals surface area contributed by atoms with Gasteiger partial charge in [-0.1, -0.05) is 19.1 Å². The summed E-state index contributed by atoms with van der Waals surface area (Å²) < 4.78 is 15.4. The molecule has 0 spiro atoms. The van der Waals surface area contributed by atoms with E-state index in [0.29, 0.717) is 5.52 Å². The van der Waals surface area contributed by atoms with Gasteiger partial charge in [-0.05, 0) is 17.5 Å². The van der Waals surface area contributed by atoms with E-state index in [-0.39, 0.29) is 18.2 Å². The Balaban J connectivity index is 2.56. The highest BCUT2D eigenvalue weighted by Gasteiger charge is 2.17. The van der Waals surface area contributed by atoms with E-state index in [1.807, 2.05) is 13.0 Å². The van der Waals surface area contributed by atoms with Gasteiger partial charge < -0.3 is 9.67 Å². The number of aromatic nitrogens is 1. The van der Waals surface area contributed by atoms with Crippen LogP contribution in [-0.4, -0.2) is 15.6 Å². The van der Waals surface area contributed by atoms with Crippen molar-refractivity contribution < 1.29 is 14.3 Å². The molecule has 0 saturated carbocycles. The van der Waals surface area contributed by atoms with Crippen molar-refractivity contribution in [1.29, 1.82) is 0 Å². The highest BCUT2D eigenvalue weighted by molar-refractivity contribution is 5.85. The number of nitrogens with zero attached hydrogens (tertiary/aromatic N) is 1. The molecule has 3 nitrogen and oxygen atoms in total. The number of para-hydroxylation sites is 1. The Morgan fingerprint density at radius 1 is 1.53 bits per heavy atom. The lowest BCUT2D eigenvalue weighted by Crippen LogP contribution is -2.02. The Bertz CT molecular complexity index is 574. The van der Waals surface area contributed by atoms with Gasteiger partial charge in [0.05, 0.1) is 11.9 Å². The van der Waals surface area contributed by atoms with Crippen LogP contribution < -0.4 is 0 Å². The number of hydrogen-bond acceptors (Lipinski definition) is 1. The number of carboxylic acids is 1. The van der Waals surface area contributed by atoms with Crippen molar-refractivity contribution >= 4 is 16.9 Å². The standard InChI is InChI=1S/C13H14FNO2/c1-8(6-12(16)17)10-7-15(2)13-9(10)4-3-5-11(13)14/h3-5,7-8H,6H2,1-2H3,(H,16,17). The van der Waals surface area contributed by atoms with Crippen molar-refractivity contribution in [1.82, 2.24) is 4.57 Å². The van der Waals surface area contributed by atoms with Crippen LogP contribution in [0.4, 0.5) is 4.39 Å². The molecule has 0 saturated heterocycles. The van der Waals surface area contributed by atoms with Crippen molar-refractivity contribution in [2.24, 2.45) is 7.05 Å². The molecule has 0 bridgehead atoms. The molecule has 0 aliphatic rings. The van der Waals surface area contributed by atoms with Crippen LogP contribution in [0.2, 0.25) is 0 Å². The van der Waals surface area contributed by atoms with E-state index in [1.165, 1.54) is 6.07 Å². The summed E-state index contributed by atoms with van der Waals surface area (Å²) in [4.78, 5) is 10.7. The third kappa shape index (κ3) is 2.02. The number of halogens is 1. The molecule has 1 atom stereocenters. The number of carbonyl (C=O) groups is 1. The summed E-state index contributed by atoms with van der Waals surface area (Å²) in [6, 6.07) is 4.88. The molecule has 1 aromatic carbocycles. The first-order valence-electron chi connectivity index (χ1n) is 5.46. The molecule has 4 heteroatoms. The smallest absolute Gasteiger partial charge is 0.303 e. The third-order valence-electron chi connectivity index (χ3n) is 2.99. The highest BCUT2D eigenvalue weighted by Crippen LogP contribution is 2.30. The Kier molecular flexibility index (Phi) is 2.88. The summed E-state index contributed by atoms with van der Waals surface area (Å²) in [6.07, 6.45) is 1.86. The van der Waals surface area contributed by atoms with Gasteiger partial charge in [-0.15, -0.1) is 0 Å². The Morgan fingerprint density at radius 3 is 2.88 bits per heavy atom. The molecule has 90 valence electrons. The average Bonchev–Trinajstić information content (AvgIpc) is 2.56. The highest BCUT2D eigenvalue weighted by atomic mass is 19.1. The van der Waals surface area contributed by atoms with Gasteiger partial charge in [-0.2, -0.15) is 0 Å². The first kappa shape index (κ1) is 11.6. The fourth-order valence-corrected chi connectivity index (χ4v) is 2.21. The number of hydrogen-bond donors (Lipinski definition) is 1. The molecule has 0 radical (unpaired) electrons. The number of carboxylic acid groups (broad SMARTS) is 1. The molecule has 1 N–H and O–H groups in total. The number of aryl methyl sites for hydroxylation is 1. The van der Waals surface area contributed by atoms with Gasteiger partial charge in [-0.3, -0.25) is 4.79 Å². The number of aliphatic carboxylic acids is 1. The number of fused-ring (bicyclic) bond motifs is 1. The van der Waals surface area contributed by atoms with E-state index in [0.717, 1.165) is 10.9 Å². The molecule has 2 rings (SSSR count). The van der Waals surface area contributed by atoms with E-state index in [2.05, 4.69) is 0 Å². The van der Waals surface area contributed by atoms with E-state index in [1.54, 1.807) is 23.9 Å². The molecular formula is C13H14FNO2. The molecule has 2 aromatic rings. The molecule has 1 unspecified atom stereocenters. The largest absolute Gasteiger partial charge is 0.481 e. The lowest BCUT2D eigenvalue weighted by atomic mass is 9.97. The lowest BCUT2D eigenvalue weighted by molar-refractivity contribution is -0.137. The SMILES string of the molecule is CC(CC(=O)O)c1cn(C)c2c(F)cccc12. The predicted molar refractivity (Wildman–Crippen MR) is 63.5 cm³/mol. The normalized spacial score (nSPS) is 12.9. The molecular weight excluding hydrogens is 221 g/mol. The first-order chi connectivity index (χ1) is 8.00. The van der Waals surface area contributed by atoms with Gasteiger partial charge in [0.2, 0.25) is 0 Å². The average molecular weight is 235 g/mol. The van der Waals surface area contributed by atoms with Crippen LogP contribution in [0.15, 0.2) is 24.4 Å². The van der Waals surface area contributed by atoms with Gasteiger partial charge in [0.15, 0.2) is 0 Å². The first-order valence-corrected chi connectivity index (χ1v) is 5.46. The van der Waals surface area contributed by atoms with E-state index >= 15 is 0 Å². The van der Waals surface area contributed by atoms with E-state index < -0.39 is 5.97 Å². The zero-order chi connectivity index (χ0) is 12.6. The van der Waals surface area contributed by atoms with Crippen LogP contribution >= 0.6 is 0 Å². The molecule has 0 amide bonds. The topological polar surface area (TPSA) is 42.2 Å². The Morgan fingerprint density at radius 2 is 2.24 bits per heavy atom. The van der Waals surface area contributed by atoms with Gasteiger partial charge in [0.1, 0.15) is 5.82 Å². The molecule has 0 aliphatic carbocycles. The van der Waals surface area contributed by atoms with Gasteiger partial charge in [0.25, 0.3) is 0 Å². The molecule has 1 aromatic heterocycles. The minimum Gasteiger partial charge on any atom is -0.481 e. The Labute approximate surface area is 98.5 Å². The fraction of sp³-hybridized carbons (Fsp3) is 0.308. The van der Waals surface area contributed by atoms with Crippen LogP contribution in [-0.2, 0) is 11.8 Å². The van der Waals surface area contributed by atoms with Gasteiger partial charge >= 0.3 is 5.97 Å². The maximum absolute atomic E-state index is 13.6. The second-order valence-electron chi connectivity index (χ2n) is 4.33. The third-order valence-corrected chi connectivity index (χ3v) is 2.99. The summed E-state index contributed by atoms with van der Waals surface area (Å²) >= 11 is 0. The zero-order valence-electron chi connectivity index (χ0n) is 9.77. The van der Waals surface area contributed by atoms with Gasteiger partial charge in [-0.25, -0.2) is 4.39 Å². The van der Waals surface area contributed by atoms with Crippen LogP contribution in [0.1, 0.15) is 24.8 Å². The summed E-state index contributed by atoms with van der Waals surface area (Å²) in [5, 5.41) is 9.59. The van der Waals surface area contributed by atoms with Crippen LogP contribution in [0.3, 0.4) is 0 Å². The number of rotatable bonds is 3. The fourth-order valence-electron chi connectivity index (χ4n) is 2.21. The van der Waals surface area contributed by atoms with Crippen molar-refractivity contribution in [3.63, 3.8) is 0 Å². The van der Waals surface area contributed by atoms with Crippen molar-refractivity contribution in [2.75, 3.05) is 0 Å². The van der Waals surface area contributed by atoms with Crippen molar-refractivity contribution in [3.05, 3.63) is 35.8 Å².